The Labute approximate surface area is 151 Å². The van der Waals surface area contributed by atoms with E-state index in [2.05, 4.69) is 25.4 Å². The number of nitrogens with zero attached hydrogens (tertiary/aromatic N) is 5. The molecule has 0 unspecified atom stereocenters. The lowest BCUT2D eigenvalue weighted by molar-refractivity contribution is -0.123. The van der Waals surface area contributed by atoms with Gasteiger partial charge in [-0.3, -0.25) is 4.79 Å². The number of thioether (sulfide) groups is 1. The summed E-state index contributed by atoms with van der Waals surface area (Å²) >= 11 is 1.59. The SMILES string of the molecule is Cn1ccnc1SCCNC(=O)COc1ccc(N2CCCC2)nn1. The molecule has 0 radical (unpaired) electrons. The lowest BCUT2D eigenvalue weighted by Gasteiger charge is -2.15. The van der Waals surface area contributed by atoms with Gasteiger partial charge in [-0.05, 0) is 18.9 Å². The average molecular weight is 362 g/mol. The summed E-state index contributed by atoms with van der Waals surface area (Å²) in [6.45, 7) is 2.53. The van der Waals surface area contributed by atoms with E-state index >= 15 is 0 Å². The molecule has 134 valence electrons. The summed E-state index contributed by atoms with van der Waals surface area (Å²) in [5.74, 6) is 1.80. The van der Waals surface area contributed by atoms with Crippen LogP contribution in [0.1, 0.15) is 12.8 Å². The van der Waals surface area contributed by atoms with Crippen molar-refractivity contribution < 1.29 is 9.53 Å². The highest BCUT2D eigenvalue weighted by molar-refractivity contribution is 7.99. The Bertz CT molecular complexity index is 684. The molecule has 1 fully saturated rings. The third kappa shape index (κ3) is 5.09. The van der Waals surface area contributed by atoms with Gasteiger partial charge in [0.2, 0.25) is 5.88 Å². The van der Waals surface area contributed by atoms with Gasteiger partial charge in [-0.25, -0.2) is 4.98 Å². The third-order valence-corrected chi connectivity index (χ3v) is 4.90. The maximum Gasteiger partial charge on any atom is 0.258 e. The molecule has 0 bridgehead atoms. The molecule has 25 heavy (non-hydrogen) atoms. The van der Waals surface area contributed by atoms with Gasteiger partial charge in [0.25, 0.3) is 5.91 Å². The first kappa shape index (κ1) is 17.5. The quantitative estimate of drug-likeness (QED) is 0.556. The number of aromatic nitrogens is 4. The molecule has 1 saturated heterocycles. The lowest BCUT2D eigenvalue weighted by atomic mass is 10.4. The predicted octanol–water partition coefficient (Wildman–Crippen LogP) is 1.10. The number of imidazole rings is 1. The zero-order valence-electron chi connectivity index (χ0n) is 14.2. The zero-order chi connectivity index (χ0) is 17.5. The average Bonchev–Trinajstić information content (AvgIpc) is 3.29. The molecule has 0 spiro atoms. The molecule has 1 aliphatic heterocycles. The van der Waals surface area contributed by atoms with E-state index in [0.717, 1.165) is 29.8 Å². The smallest absolute Gasteiger partial charge is 0.258 e. The Morgan fingerprint density at radius 1 is 1.32 bits per heavy atom. The summed E-state index contributed by atoms with van der Waals surface area (Å²) in [5, 5.41) is 11.9. The second-order valence-corrected chi connectivity index (χ2v) is 6.79. The van der Waals surface area contributed by atoms with Crippen LogP contribution in [0.4, 0.5) is 5.82 Å². The summed E-state index contributed by atoms with van der Waals surface area (Å²) in [4.78, 5) is 18.2. The third-order valence-electron chi connectivity index (χ3n) is 3.84. The van der Waals surface area contributed by atoms with Crippen molar-refractivity contribution in [2.24, 2.45) is 7.05 Å². The van der Waals surface area contributed by atoms with Crippen LogP contribution in [0, 0.1) is 0 Å². The maximum absolute atomic E-state index is 11.8. The Balaban J connectivity index is 1.33. The van der Waals surface area contributed by atoms with Crippen LogP contribution in [-0.4, -0.2) is 57.6 Å². The van der Waals surface area contributed by atoms with E-state index in [4.69, 9.17) is 4.74 Å². The standard InChI is InChI=1S/C16H22N6O2S/c1-21-10-6-18-16(21)25-11-7-17-14(23)12-24-15-5-4-13(19-20-15)22-8-2-3-9-22/h4-6,10H,2-3,7-9,11-12H2,1H3,(H,17,23). The molecule has 0 saturated carbocycles. The van der Waals surface area contributed by atoms with E-state index in [-0.39, 0.29) is 12.5 Å². The van der Waals surface area contributed by atoms with Crippen LogP contribution in [0.3, 0.4) is 0 Å². The second-order valence-electron chi connectivity index (χ2n) is 5.73. The van der Waals surface area contributed by atoms with Crippen LogP contribution < -0.4 is 15.0 Å². The molecule has 0 aromatic carbocycles. The van der Waals surface area contributed by atoms with Crippen molar-refractivity contribution in [1.29, 1.82) is 0 Å². The number of hydrogen-bond acceptors (Lipinski definition) is 7. The Morgan fingerprint density at radius 3 is 2.84 bits per heavy atom. The second kappa shape index (κ2) is 8.70. The maximum atomic E-state index is 11.8. The van der Waals surface area contributed by atoms with Crippen LogP contribution in [0.5, 0.6) is 5.88 Å². The molecular weight excluding hydrogens is 340 g/mol. The van der Waals surface area contributed by atoms with E-state index in [9.17, 15) is 4.79 Å². The predicted molar refractivity (Wildman–Crippen MR) is 95.9 cm³/mol. The summed E-state index contributed by atoms with van der Waals surface area (Å²) in [7, 11) is 1.94. The highest BCUT2D eigenvalue weighted by atomic mass is 32.2. The first-order valence-electron chi connectivity index (χ1n) is 8.30. The van der Waals surface area contributed by atoms with Crippen molar-refractivity contribution in [1.82, 2.24) is 25.1 Å². The van der Waals surface area contributed by atoms with Crippen molar-refractivity contribution in [3.63, 3.8) is 0 Å². The van der Waals surface area contributed by atoms with Crippen molar-refractivity contribution in [3.05, 3.63) is 24.5 Å². The molecule has 8 nitrogen and oxygen atoms in total. The van der Waals surface area contributed by atoms with E-state index in [1.165, 1.54) is 12.8 Å². The zero-order valence-corrected chi connectivity index (χ0v) is 15.0. The van der Waals surface area contributed by atoms with Gasteiger partial charge in [-0.15, -0.1) is 10.2 Å². The molecule has 1 N–H and O–H groups in total. The number of amides is 1. The van der Waals surface area contributed by atoms with Crippen molar-refractivity contribution >= 4 is 23.5 Å². The highest BCUT2D eigenvalue weighted by Crippen LogP contribution is 2.18. The minimum atomic E-state index is -0.175. The van der Waals surface area contributed by atoms with Gasteiger partial charge in [-0.1, -0.05) is 11.8 Å². The van der Waals surface area contributed by atoms with E-state index in [0.29, 0.717) is 12.4 Å². The fourth-order valence-corrected chi connectivity index (χ4v) is 3.31. The molecule has 1 amide bonds. The van der Waals surface area contributed by atoms with Gasteiger partial charge in [0.05, 0.1) is 0 Å². The van der Waals surface area contributed by atoms with Crippen molar-refractivity contribution in [2.45, 2.75) is 18.0 Å². The Kier molecular flexibility index (Phi) is 6.10. The Morgan fingerprint density at radius 2 is 2.16 bits per heavy atom. The minimum Gasteiger partial charge on any atom is -0.466 e. The first-order chi connectivity index (χ1) is 12.2. The van der Waals surface area contributed by atoms with E-state index in [1.54, 1.807) is 24.0 Å². The largest absolute Gasteiger partial charge is 0.466 e. The number of carbonyl (C=O) groups excluding carboxylic acids is 1. The molecule has 2 aromatic heterocycles. The van der Waals surface area contributed by atoms with E-state index < -0.39 is 0 Å². The highest BCUT2D eigenvalue weighted by Gasteiger charge is 2.14. The normalized spacial score (nSPS) is 13.9. The summed E-state index contributed by atoms with van der Waals surface area (Å²) in [6.07, 6.45) is 6.03. The summed E-state index contributed by atoms with van der Waals surface area (Å²) < 4.78 is 7.32. The summed E-state index contributed by atoms with van der Waals surface area (Å²) in [5.41, 5.74) is 0. The number of ether oxygens (including phenoxy) is 1. The summed E-state index contributed by atoms with van der Waals surface area (Å²) in [6, 6.07) is 3.64. The number of carbonyl (C=O) groups is 1. The number of hydrogen-bond donors (Lipinski definition) is 1. The molecule has 3 rings (SSSR count). The van der Waals surface area contributed by atoms with Crippen LogP contribution in [-0.2, 0) is 11.8 Å². The number of aryl methyl sites for hydroxylation is 1. The van der Waals surface area contributed by atoms with Crippen LogP contribution in [0.2, 0.25) is 0 Å². The van der Waals surface area contributed by atoms with E-state index in [1.807, 2.05) is 23.9 Å². The van der Waals surface area contributed by atoms with Crippen molar-refractivity contribution in [2.75, 3.05) is 36.9 Å². The number of anilines is 1. The minimum absolute atomic E-state index is 0.0647. The molecule has 0 aliphatic carbocycles. The monoisotopic (exact) mass is 362 g/mol. The fourth-order valence-electron chi connectivity index (χ4n) is 2.52. The number of nitrogens with one attached hydrogen (secondary N) is 1. The fraction of sp³-hybridized carbons (Fsp3) is 0.500. The molecule has 1 aliphatic rings. The molecular formula is C16H22N6O2S. The van der Waals surface area contributed by atoms with Gasteiger partial charge >= 0.3 is 0 Å². The Hall–Kier alpha value is -2.29. The van der Waals surface area contributed by atoms with Gasteiger partial charge in [-0.2, -0.15) is 0 Å². The topological polar surface area (TPSA) is 85.2 Å². The number of rotatable bonds is 8. The lowest BCUT2D eigenvalue weighted by Crippen LogP contribution is -2.30. The van der Waals surface area contributed by atoms with Gasteiger partial charge in [0, 0.05) is 50.9 Å². The molecule has 3 heterocycles. The van der Waals surface area contributed by atoms with Crippen LogP contribution in [0.25, 0.3) is 0 Å². The first-order valence-corrected chi connectivity index (χ1v) is 9.29. The molecule has 9 heteroatoms. The van der Waals surface area contributed by atoms with Gasteiger partial charge in [0.15, 0.2) is 17.6 Å². The van der Waals surface area contributed by atoms with Crippen LogP contribution in [0.15, 0.2) is 29.7 Å². The van der Waals surface area contributed by atoms with Crippen molar-refractivity contribution in [3.8, 4) is 5.88 Å². The van der Waals surface area contributed by atoms with Gasteiger partial charge in [0.1, 0.15) is 0 Å². The van der Waals surface area contributed by atoms with Crippen LogP contribution >= 0.6 is 11.8 Å². The molecule has 0 atom stereocenters. The molecule has 2 aromatic rings. The van der Waals surface area contributed by atoms with Gasteiger partial charge < -0.3 is 19.5 Å².